The number of rotatable bonds is 2. The molecular formula is C67H57BN2O2. The zero-order valence-corrected chi connectivity index (χ0v) is 42.8. The highest BCUT2D eigenvalue weighted by molar-refractivity contribution is 6.93. The molecule has 2 aliphatic carbocycles. The third-order valence-corrected chi connectivity index (χ3v) is 17.9. The molecule has 0 spiro atoms. The molecule has 0 saturated carbocycles. The Morgan fingerprint density at radius 3 is 2.03 bits per heavy atom. The molecule has 0 saturated heterocycles. The summed E-state index contributed by atoms with van der Waals surface area (Å²) < 4.78 is 16.7. The van der Waals surface area contributed by atoms with Gasteiger partial charge in [0.05, 0.1) is 11.0 Å². The second-order valence-electron chi connectivity index (χ2n) is 24.5. The number of hydrogen-bond acceptors (Lipinski definition) is 3. The van der Waals surface area contributed by atoms with Crippen molar-refractivity contribution in [3.8, 4) is 33.7 Å². The SMILES string of the molecule is C=C1C=C(c2ccccc2)Oc2cc3c(cc21)B1c2c(ccc4c5cc6c(cc5n-3c24)-c2ccccc2C6(C)C)-c2cc3c(cc2N1c1ccc(C(C)(C)C)cc1)oc1cc2c(cc13)C(C)(C)CCC2(C)C. The molecule has 0 atom stereocenters. The van der Waals surface area contributed by atoms with Crippen LogP contribution in [0.3, 0.4) is 0 Å². The van der Waals surface area contributed by atoms with E-state index in [1.807, 2.05) is 6.07 Å². The second kappa shape index (κ2) is 13.7. The number of aromatic nitrogens is 1. The number of nitrogens with zero attached hydrogens (tertiary/aromatic N) is 2. The molecule has 5 aliphatic rings. The van der Waals surface area contributed by atoms with Gasteiger partial charge in [0.25, 0.3) is 0 Å². The molecule has 0 unspecified atom stereocenters. The molecule has 3 aliphatic heterocycles. The number of benzene rings is 8. The van der Waals surface area contributed by atoms with Gasteiger partial charge in [-0.05, 0) is 139 Å². The molecule has 72 heavy (non-hydrogen) atoms. The Hall–Kier alpha value is -7.50. The van der Waals surface area contributed by atoms with Gasteiger partial charge in [0.1, 0.15) is 22.7 Å². The monoisotopic (exact) mass is 932 g/mol. The molecule has 0 amide bonds. The van der Waals surface area contributed by atoms with Crippen molar-refractivity contribution < 1.29 is 9.15 Å². The van der Waals surface area contributed by atoms with E-state index in [1.54, 1.807) is 0 Å². The number of furan rings is 1. The highest BCUT2D eigenvalue weighted by Crippen LogP contribution is 2.54. The van der Waals surface area contributed by atoms with Crippen LogP contribution in [0.25, 0.3) is 83.0 Å². The van der Waals surface area contributed by atoms with E-state index in [9.17, 15) is 0 Å². The zero-order chi connectivity index (χ0) is 49.1. The Bertz CT molecular complexity index is 4150. The van der Waals surface area contributed by atoms with Crippen LogP contribution in [0.5, 0.6) is 5.75 Å². The Labute approximate surface area is 422 Å². The molecule has 5 heterocycles. The van der Waals surface area contributed by atoms with Crippen molar-refractivity contribution in [2.24, 2.45) is 0 Å². The molecule has 0 radical (unpaired) electrons. The van der Waals surface area contributed by atoms with Gasteiger partial charge >= 0.3 is 6.85 Å². The summed E-state index contributed by atoms with van der Waals surface area (Å²) in [5, 5.41) is 4.89. The lowest BCUT2D eigenvalue weighted by molar-refractivity contribution is 0.332. The van der Waals surface area contributed by atoms with E-state index in [-0.39, 0.29) is 28.5 Å². The molecule has 10 aromatic rings. The number of fused-ring (bicyclic) bond motifs is 16. The Balaban J connectivity index is 1.06. The van der Waals surface area contributed by atoms with Gasteiger partial charge in [0, 0.05) is 72.8 Å². The molecule has 0 fully saturated rings. The van der Waals surface area contributed by atoms with Gasteiger partial charge < -0.3 is 18.5 Å². The highest BCUT2D eigenvalue weighted by Gasteiger charge is 2.46. The topological polar surface area (TPSA) is 30.5 Å². The van der Waals surface area contributed by atoms with Gasteiger partial charge in [-0.1, -0.05) is 154 Å². The predicted molar refractivity (Wildman–Crippen MR) is 303 cm³/mol. The van der Waals surface area contributed by atoms with Crippen LogP contribution >= 0.6 is 0 Å². The van der Waals surface area contributed by atoms with E-state index in [4.69, 9.17) is 15.7 Å². The van der Waals surface area contributed by atoms with Crippen LogP contribution in [0.15, 0.2) is 157 Å². The number of hydrogen-bond donors (Lipinski definition) is 0. The molecule has 0 bridgehead atoms. The van der Waals surface area contributed by atoms with Crippen LogP contribution in [0.2, 0.25) is 0 Å². The summed E-state index contributed by atoms with van der Waals surface area (Å²) in [6, 6.07) is 53.0. The van der Waals surface area contributed by atoms with Gasteiger partial charge in [0.2, 0.25) is 0 Å². The molecule has 15 rings (SSSR count). The lowest BCUT2D eigenvalue weighted by atomic mass is 9.43. The fraction of sp³-hybridized carbons (Fsp3) is 0.224. The maximum atomic E-state index is 7.09. The van der Waals surface area contributed by atoms with E-state index in [0.717, 1.165) is 74.7 Å². The molecule has 4 nitrogen and oxygen atoms in total. The zero-order valence-electron chi connectivity index (χ0n) is 42.8. The fourth-order valence-corrected chi connectivity index (χ4v) is 13.8. The van der Waals surface area contributed by atoms with Crippen LogP contribution in [0.1, 0.15) is 114 Å². The number of anilines is 2. The van der Waals surface area contributed by atoms with Crippen LogP contribution in [-0.4, -0.2) is 11.4 Å². The van der Waals surface area contributed by atoms with Gasteiger partial charge in [-0.3, -0.25) is 0 Å². The minimum absolute atomic E-state index is 0.000873. The minimum Gasteiger partial charge on any atom is -0.456 e. The average Bonchev–Trinajstić information content (AvgIpc) is 3.98. The van der Waals surface area contributed by atoms with E-state index in [2.05, 4.69) is 211 Å². The standard InChI is InChI=1S/C67H57BN2O2/c1-37-28-58(38-16-12-11-13-17-38)71-60-36-57-54(32-44(37)60)68-62-42(24-25-43-47-30-51-45(33-55(47)69(57)63(43)62)41-18-14-15-19-50(41)67(51,9)10)46-29-48-49-31-52-53(66(7,8)27-26-65(52,5)6)34-59(49)72-61(48)35-56(46)70(68)40-22-20-39(21-23-40)64(2,3)4/h11-25,28-36H,1,26-27H2,2-10H3. The first-order chi connectivity index (χ1) is 34.5. The van der Waals surface area contributed by atoms with Crippen molar-refractivity contribution in [1.29, 1.82) is 0 Å². The number of allylic oxidation sites excluding steroid dienone is 2. The number of ether oxygens (including phenoxy) is 1. The van der Waals surface area contributed by atoms with Gasteiger partial charge in [-0.25, -0.2) is 0 Å². The van der Waals surface area contributed by atoms with E-state index >= 15 is 0 Å². The Kier molecular flexibility index (Phi) is 8.04. The lowest BCUT2D eigenvalue weighted by Crippen LogP contribution is -2.60. The summed E-state index contributed by atoms with van der Waals surface area (Å²) in [6.45, 7) is 25.8. The van der Waals surface area contributed by atoms with E-state index < -0.39 is 0 Å². The second-order valence-corrected chi connectivity index (χ2v) is 24.5. The predicted octanol–water partition coefficient (Wildman–Crippen LogP) is 16.3. The first kappa shape index (κ1) is 42.2. The quantitative estimate of drug-likeness (QED) is 0.162. The third-order valence-electron chi connectivity index (χ3n) is 17.9. The van der Waals surface area contributed by atoms with Gasteiger partial charge in [-0.15, -0.1) is 0 Å². The van der Waals surface area contributed by atoms with Crippen LogP contribution in [0.4, 0.5) is 11.4 Å². The maximum absolute atomic E-state index is 7.09. The molecule has 350 valence electrons. The first-order valence-corrected chi connectivity index (χ1v) is 26.0. The van der Waals surface area contributed by atoms with E-state index in [1.165, 1.54) is 88.2 Å². The highest BCUT2D eigenvalue weighted by atomic mass is 16.5. The first-order valence-electron chi connectivity index (χ1n) is 26.0. The Morgan fingerprint density at radius 1 is 0.569 bits per heavy atom. The molecule has 2 aromatic heterocycles. The van der Waals surface area contributed by atoms with Crippen LogP contribution in [-0.2, 0) is 21.7 Å². The van der Waals surface area contributed by atoms with Crippen LogP contribution < -0.4 is 20.5 Å². The summed E-state index contributed by atoms with van der Waals surface area (Å²) in [7, 11) is 0. The molecule has 0 N–H and O–H groups in total. The normalized spacial score (nSPS) is 17.3. The van der Waals surface area contributed by atoms with Crippen molar-refractivity contribution in [3.05, 3.63) is 191 Å². The van der Waals surface area contributed by atoms with Crippen LogP contribution in [0, 0.1) is 0 Å². The van der Waals surface area contributed by atoms with Crippen molar-refractivity contribution in [1.82, 2.24) is 4.57 Å². The summed E-state index contributed by atoms with van der Waals surface area (Å²) in [6.07, 6.45) is 4.42. The fourth-order valence-electron chi connectivity index (χ4n) is 13.8. The van der Waals surface area contributed by atoms with Crippen molar-refractivity contribution in [2.75, 3.05) is 4.81 Å². The van der Waals surface area contributed by atoms with E-state index in [0.29, 0.717) is 0 Å². The van der Waals surface area contributed by atoms with Gasteiger partial charge in [0.15, 0.2) is 0 Å². The summed E-state index contributed by atoms with van der Waals surface area (Å²) >= 11 is 0. The summed E-state index contributed by atoms with van der Waals surface area (Å²) in [4.78, 5) is 2.62. The third kappa shape index (κ3) is 5.49. The van der Waals surface area contributed by atoms with Gasteiger partial charge in [-0.2, -0.15) is 0 Å². The molecule has 5 heteroatoms. The smallest absolute Gasteiger partial charge is 0.333 e. The maximum Gasteiger partial charge on any atom is 0.333 e. The lowest BCUT2D eigenvalue weighted by Gasteiger charge is -2.42. The minimum atomic E-state index is -0.194. The summed E-state index contributed by atoms with van der Waals surface area (Å²) in [5.41, 5.74) is 25.3. The largest absolute Gasteiger partial charge is 0.456 e. The van der Waals surface area contributed by atoms with Crippen molar-refractivity contribution in [2.45, 2.75) is 96.8 Å². The molecular weight excluding hydrogens is 876 g/mol. The van der Waals surface area contributed by atoms with Crippen molar-refractivity contribution >= 4 is 84.2 Å². The Morgan fingerprint density at radius 2 is 1.26 bits per heavy atom. The average molecular weight is 933 g/mol. The molecule has 8 aromatic carbocycles. The van der Waals surface area contributed by atoms with Crippen molar-refractivity contribution in [3.63, 3.8) is 0 Å². The summed E-state index contributed by atoms with van der Waals surface area (Å²) in [5.74, 6) is 1.62.